The lowest BCUT2D eigenvalue weighted by atomic mass is 9.80. The third-order valence-corrected chi connectivity index (χ3v) is 7.52. The number of carbonyl (C=O) groups excluding carboxylic acids is 1. The summed E-state index contributed by atoms with van der Waals surface area (Å²) in [4.78, 5) is 12.7. The Labute approximate surface area is 228 Å². The van der Waals surface area contributed by atoms with Crippen LogP contribution in [0.15, 0.2) is 72.8 Å². The molecule has 0 saturated carbocycles. The summed E-state index contributed by atoms with van der Waals surface area (Å²) < 4.78 is 5.20. The molecule has 0 radical (unpaired) electrons. The smallest absolute Gasteiger partial charge is 0.319 e. The van der Waals surface area contributed by atoms with Crippen molar-refractivity contribution in [2.75, 3.05) is 19.0 Å². The summed E-state index contributed by atoms with van der Waals surface area (Å²) in [6.07, 6.45) is 0.850. The first kappa shape index (κ1) is 27.7. The van der Waals surface area contributed by atoms with Gasteiger partial charge in [0.15, 0.2) is 0 Å². The van der Waals surface area contributed by atoms with Crippen molar-refractivity contribution in [2.45, 2.75) is 76.8 Å². The van der Waals surface area contributed by atoms with E-state index in [0.717, 1.165) is 24.4 Å². The summed E-state index contributed by atoms with van der Waals surface area (Å²) in [5.41, 5.74) is 6.21. The van der Waals surface area contributed by atoms with Crippen LogP contribution in [0, 0.1) is 0 Å². The maximum atomic E-state index is 12.7. The molecule has 0 aromatic heterocycles. The predicted octanol–water partition coefficient (Wildman–Crippen LogP) is 6.97. The Bertz CT molecular complexity index is 1150. The number of carbonyl (C=O) groups is 1. The van der Waals surface area contributed by atoms with Crippen molar-refractivity contribution in [3.8, 4) is 5.75 Å². The van der Waals surface area contributed by atoms with Crippen molar-refractivity contribution in [3.63, 3.8) is 0 Å². The number of methoxy groups -OCH3 is 1. The van der Waals surface area contributed by atoms with Crippen LogP contribution in [0.1, 0.15) is 76.1 Å². The average molecular weight is 514 g/mol. The highest BCUT2D eigenvalue weighted by Crippen LogP contribution is 2.35. The molecule has 0 bridgehead atoms. The molecule has 2 amide bonds. The largest absolute Gasteiger partial charge is 0.497 e. The van der Waals surface area contributed by atoms with Crippen molar-refractivity contribution in [1.29, 1.82) is 0 Å². The third kappa shape index (κ3) is 6.76. The van der Waals surface area contributed by atoms with Gasteiger partial charge in [-0.15, -0.1) is 0 Å². The van der Waals surface area contributed by atoms with Gasteiger partial charge in [0.05, 0.1) is 7.11 Å². The summed E-state index contributed by atoms with van der Waals surface area (Å²) >= 11 is 0. The maximum absolute atomic E-state index is 12.7. The van der Waals surface area contributed by atoms with E-state index in [0.29, 0.717) is 0 Å². The van der Waals surface area contributed by atoms with Crippen LogP contribution in [-0.2, 0) is 10.8 Å². The lowest BCUT2D eigenvalue weighted by Gasteiger charge is -2.27. The van der Waals surface area contributed by atoms with E-state index in [1.807, 2.05) is 24.3 Å². The number of hydrogen-bond donors (Lipinski definition) is 3. The quantitative estimate of drug-likeness (QED) is 0.333. The van der Waals surface area contributed by atoms with Gasteiger partial charge in [-0.3, -0.25) is 0 Å². The normalized spacial score (nSPS) is 17.9. The number of nitrogens with one attached hydrogen (secondary N) is 3. The van der Waals surface area contributed by atoms with Crippen LogP contribution in [0.25, 0.3) is 0 Å². The molecule has 1 fully saturated rings. The van der Waals surface area contributed by atoms with Crippen molar-refractivity contribution in [1.82, 2.24) is 10.6 Å². The summed E-state index contributed by atoms with van der Waals surface area (Å²) in [6, 6.07) is 25.6. The van der Waals surface area contributed by atoms with Crippen LogP contribution >= 0.6 is 0 Å². The second kappa shape index (κ2) is 11.2. The van der Waals surface area contributed by atoms with Crippen molar-refractivity contribution < 1.29 is 9.53 Å². The molecule has 1 aliphatic heterocycles. The zero-order valence-corrected chi connectivity index (χ0v) is 23.9. The summed E-state index contributed by atoms with van der Waals surface area (Å²) in [7, 11) is 1.63. The van der Waals surface area contributed by atoms with E-state index in [1.54, 1.807) is 7.11 Å². The summed E-state index contributed by atoms with van der Waals surface area (Å²) in [6.45, 7) is 14.2. The molecular weight excluding hydrogens is 470 g/mol. The van der Waals surface area contributed by atoms with Gasteiger partial charge >= 0.3 is 6.03 Å². The van der Waals surface area contributed by atoms with Gasteiger partial charge in [-0.05, 0) is 63.8 Å². The van der Waals surface area contributed by atoms with Gasteiger partial charge in [-0.2, -0.15) is 0 Å². The molecule has 1 heterocycles. The van der Waals surface area contributed by atoms with Crippen molar-refractivity contribution >= 4 is 11.7 Å². The van der Waals surface area contributed by atoms with Crippen LogP contribution in [0.2, 0.25) is 0 Å². The summed E-state index contributed by atoms with van der Waals surface area (Å²) in [5.74, 6) is 0.949. The second-order valence-electron chi connectivity index (χ2n) is 12.5. The van der Waals surface area contributed by atoms with Crippen molar-refractivity contribution in [2.24, 2.45) is 0 Å². The molecule has 0 spiro atoms. The minimum absolute atomic E-state index is 0.0449. The number of rotatable bonds is 6. The molecule has 4 rings (SSSR count). The number of anilines is 1. The third-order valence-electron chi connectivity index (χ3n) is 7.52. The molecule has 1 saturated heterocycles. The first-order valence-corrected chi connectivity index (χ1v) is 13.6. The number of hydrogen-bond acceptors (Lipinski definition) is 3. The highest BCUT2D eigenvalue weighted by Gasteiger charge is 2.33. The first-order valence-electron chi connectivity index (χ1n) is 13.6. The number of ether oxygens (including phenoxy) is 1. The van der Waals surface area contributed by atoms with Crippen LogP contribution in [0.4, 0.5) is 10.5 Å². The van der Waals surface area contributed by atoms with Crippen LogP contribution in [0.3, 0.4) is 0 Å². The molecule has 2 atom stereocenters. The molecule has 0 aliphatic carbocycles. The molecule has 5 heteroatoms. The van der Waals surface area contributed by atoms with Gasteiger partial charge < -0.3 is 20.7 Å². The highest BCUT2D eigenvalue weighted by molar-refractivity contribution is 5.89. The van der Waals surface area contributed by atoms with E-state index in [-0.39, 0.29) is 34.9 Å². The fraction of sp³-hybridized carbons (Fsp3) is 0.424. The molecule has 202 valence electrons. The maximum Gasteiger partial charge on any atom is 0.319 e. The zero-order chi connectivity index (χ0) is 27.5. The Kier molecular flexibility index (Phi) is 8.17. The molecule has 1 aliphatic rings. The molecular formula is C33H43N3O2. The molecule has 3 aromatic carbocycles. The van der Waals surface area contributed by atoms with Crippen molar-refractivity contribution in [3.05, 3.63) is 95.1 Å². The lowest BCUT2D eigenvalue weighted by molar-refractivity contribution is 0.249. The van der Waals surface area contributed by atoms with Gasteiger partial charge in [-0.25, -0.2) is 4.79 Å². The van der Waals surface area contributed by atoms with E-state index in [9.17, 15) is 4.79 Å². The van der Waals surface area contributed by atoms with Gasteiger partial charge in [0, 0.05) is 30.2 Å². The number of urea groups is 1. The van der Waals surface area contributed by atoms with Crippen LogP contribution in [-0.4, -0.2) is 31.8 Å². The SMILES string of the molecule is COc1ccc(NC(=O)NC2CN[C@@H](C(c3ccc(C(C)(C)C)cc3)c3ccc(C(C)(C)C)cc3)C2)cc1. The zero-order valence-electron chi connectivity index (χ0n) is 23.9. The van der Waals surface area contributed by atoms with E-state index in [1.165, 1.54) is 22.3 Å². The first-order chi connectivity index (χ1) is 17.9. The van der Waals surface area contributed by atoms with E-state index in [2.05, 4.69) is 106 Å². The Balaban J connectivity index is 1.51. The lowest BCUT2D eigenvalue weighted by Crippen LogP contribution is -2.39. The second-order valence-corrected chi connectivity index (χ2v) is 12.5. The topological polar surface area (TPSA) is 62.4 Å². The molecule has 1 unspecified atom stereocenters. The van der Waals surface area contributed by atoms with Crippen LogP contribution < -0.4 is 20.7 Å². The molecule has 3 N–H and O–H groups in total. The average Bonchev–Trinajstić information content (AvgIpc) is 3.32. The Morgan fingerprint density at radius 1 is 0.816 bits per heavy atom. The standard InChI is InChI=1S/C33H43N3O2/c1-32(2,3)24-12-8-22(9-13-24)30(23-10-14-25(15-11-23)33(4,5)6)29-20-27(21-34-29)36-31(37)35-26-16-18-28(38-7)19-17-26/h8-19,27,29-30,34H,20-21H2,1-7H3,(H2,35,36,37)/t27?,29-/m1/s1. The van der Waals surface area contributed by atoms with E-state index < -0.39 is 0 Å². The fourth-order valence-electron chi connectivity index (χ4n) is 5.20. The molecule has 3 aromatic rings. The van der Waals surface area contributed by atoms with E-state index in [4.69, 9.17) is 4.74 Å². The number of amides is 2. The van der Waals surface area contributed by atoms with Gasteiger partial charge in [0.1, 0.15) is 5.75 Å². The van der Waals surface area contributed by atoms with E-state index >= 15 is 0 Å². The minimum atomic E-state index is -0.191. The minimum Gasteiger partial charge on any atom is -0.497 e. The Hall–Kier alpha value is -3.31. The monoisotopic (exact) mass is 513 g/mol. The number of benzene rings is 3. The Morgan fingerprint density at radius 2 is 1.32 bits per heavy atom. The van der Waals surface area contributed by atoms with Gasteiger partial charge in [0.25, 0.3) is 0 Å². The van der Waals surface area contributed by atoms with Gasteiger partial charge in [0.2, 0.25) is 0 Å². The molecule has 38 heavy (non-hydrogen) atoms. The highest BCUT2D eigenvalue weighted by atomic mass is 16.5. The van der Waals surface area contributed by atoms with Gasteiger partial charge in [-0.1, -0.05) is 90.1 Å². The fourth-order valence-corrected chi connectivity index (χ4v) is 5.20. The summed E-state index contributed by atoms with van der Waals surface area (Å²) in [5, 5.41) is 9.81. The Morgan fingerprint density at radius 3 is 1.76 bits per heavy atom. The molecule has 5 nitrogen and oxygen atoms in total. The van der Waals surface area contributed by atoms with Crippen LogP contribution in [0.5, 0.6) is 5.75 Å². The predicted molar refractivity (Wildman–Crippen MR) is 157 cm³/mol.